The predicted octanol–water partition coefficient (Wildman–Crippen LogP) is 2.89. The number of rotatable bonds is 4. The lowest BCUT2D eigenvalue weighted by atomic mass is 10.2. The molecule has 0 spiro atoms. The van der Waals surface area contributed by atoms with Crippen LogP contribution in [0.25, 0.3) is 0 Å². The van der Waals surface area contributed by atoms with E-state index in [1.807, 2.05) is 6.92 Å². The number of carbonyl (C=O) groups is 1. The number of aromatic nitrogens is 3. The van der Waals surface area contributed by atoms with Gasteiger partial charge in [0.25, 0.3) is 0 Å². The second kappa shape index (κ2) is 5.20. The molecule has 0 aliphatic carbocycles. The Labute approximate surface area is 112 Å². The van der Waals surface area contributed by atoms with Crippen LogP contribution >= 0.6 is 34.7 Å². The van der Waals surface area contributed by atoms with E-state index in [0.29, 0.717) is 9.21 Å². The number of carbonyl (C=O) groups excluding carboxylic acids is 1. The van der Waals surface area contributed by atoms with E-state index in [1.54, 1.807) is 23.9 Å². The first-order chi connectivity index (χ1) is 8.08. The first-order valence-electron chi connectivity index (χ1n) is 4.88. The Morgan fingerprint density at radius 2 is 2.35 bits per heavy atom. The molecule has 7 heteroatoms. The molecule has 2 heterocycles. The summed E-state index contributed by atoms with van der Waals surface area (Å²) in [7, 11) is 1.80. The molecule has 0 aliphatic heterocycles. The number of aryl methyl sites for hydroxylation is 1. The van der Waals surface area contributed by atoms with Crippen molar-refractivity contribution < 1.29 is 4.79 Å². The first-order valence-corrected chi connectivity index (χ1v) is 6.95. The van der Waals surface area contributed by atoms with Gasteiger partial charge in [0.15, 0.2) is 10.9 Å². The SMILES string of the molecule is CC(Sc1ncnn1C)C(=O)c1ccc(Cl)s1. The van der Waals surface area contributed by atoms with E-state index in [2.05, 4.69) is 10.1 Å². The van der Waals surface area contributed by atoms with E-state index >= 15 is 0 Å². The highest BCUT2D eigenvalue weighted by Crippen LogP contribution is 2.28. The number of thioether (sulfide) groups is 1. The monoisotopic (exact) mass is 287 g/mol. The van der Waals surface area contributed by atoms with Crippen molar-refractivity contribution in [1.82, 2.24) is 14.8 Å². The topological polar surface area (TPSA) is 47.8 Å². The standard InChI is InChI=1S/C10H10ClN3OS2/c1-6(16-10-12-5-13-14(10)2)9(15)7-3-4-8(11)17-7/h3-6H,1-2H3. The molecule has 17 heavy (non-hydrogen) atoms. The van der Waals surface area contributed by atoms with E-state index < -0.39 is 0 Å². The molecular weight excluding hydrogens is 278 g/mol. The van der Waals surface area contributed by atoms with Gasteiger partial charge < -0.3 is 0 Å². The summed E-state index contributed by atoms with van der Waals surface area (Å²) in [6.45, 7) is 1.86. The fraction of sp³-hybridized carbons (Fsp3) is 0.300. The van der Waals surface area contributed by atoms with Crippen molar-refractivity contribution in [3.05, 3.63) is 27.7 Å². The molecular formula is C10H10ClN3OS2. The fourth-order valence-corrected chi connectivity index (χ4v) is 3.26. The van der Waals surface area contributed by atoms with Gasteiger partial charge in [-0.15, -0.1) is 11.3 Å². The normalized spacial score (nSPS) is 12.6. The van der Waals surface area contributed by atoms with E-state index in [-0.39, 0.29) is 11.0 Å². The average Bonchev–Trinajstić information content (AvgIpc) is 2.88. The lowest BCUT2D eigenvalue weighted by Gasteiger charge is -2.07. The van der Waals surface area contributed by atoms with E-state index in [0.717, 1.165) is 5.16 Å². The summed E-state index contributed by atoms with van der Waals surface area (Å²) in [6.07, 6.45) is 1.47. The summed E-state index contributed by atoms with van der Waals surface area (Å²) in [6, 6.07) is 3.49. The molecule has 2 aromatic rings. The second-order valence-electron chi connectivity index (χ2n) is 3.39. The van der Waals surface area contributed by atoms with Crippen LogP contribution < -0.4 is 0 Å². The number of Topliss-reactive ketones (excluding diaryl/α,β-unsaturated/α-hetero) is 1. The minimum absolute atomic E-state index is 0.0647. The Morgan fingerprint density at radius 3 is 2.88 bits per heavy atom. The van der Waals surface area contributed by atoms with Crippen LogP contribution in [0.4, 0.5) is 0 Å². The predicted molar refractivity (Wildman–Crippen MR) is 70.0 cm³/mol. The van der Waals surface area contributed by atoms with Gasteiger partial charge >= 0.3 is 0 Å². The summed E-state index contributed by atoms with van der Waals surface area (Å²) < 4.78 is 2.28. The molecule has 90 valence electrons. The van der Waals surface area contributed by atoms with Gasteiger partial charge in [0, 0.05) is 7.05 Å². The van der Waals surface area contributed by atoms with Crippen LogP contribution in [0.2, 0.25) is 4.34 Å². The molecule has 2 aromatic heterocycles. The zero-order valence-corrected chi connectivity index (χ0v) is 11.6. The molecule has 0 bridgehead atoms. The van der Waals surface area contributed by atoms with Crippen molar-refractivity contribution in [1.29, 1.82) is 0 Å². The molecule has 0 amide bonds. The number of hydrogen-bond donors (Lipinski definition) is 0. The van der Waals surface area contributed by atoms with Gasteiger partial charge in [0.2, 0.25) is 0 Å². The number of hydrogen-bond acceptors (Lipinski definition) is 5. The van der Waals surface area contributed by atoms with Crippen LogP contribution in [0.15, 0.2) is 23.6 Å². The van der Waals surface area contributed by atoms with Crippen molar-refractivity contribution >= 4 is 40.5 Å². The third-order valence-electron chi connectivity index (χ3n) is 2.14. The highest BCUT2D eigenvalue weighted by molar-refractivity contribution is 8.00. The molecule has 0 fully saturated rings. The molecule has 0 saturated carbocycles. The quantitative estimate of drug-likeness (QED) is 0.641. The summed E-state index contributed by atoms with van der Waals surface area (Å²) in [4.78, 5) is 16.8. The lowest BCUT2D eigenvalue weighted by molar-refractivity contribution is 0.0997. The van der Waals surface area contributed by atoms with Crippen LogP contribution in [-0.4, -0.2) is 25.8 Å². The molecule has 0 aromatic carbocycles. The Morgan fingerprint density at radius 1 is 1.59 bits per heavy atom. The van der Waals surface area contributed by atoms with Crippen LogP contribution in [0.5, 0.6) is 0 Å². The Kier molecular flexibility index (Phi) is 3.86. The minimum Gasteiger partial charge on any atom is -0.292 e. The maximum atomic E-state index is 12.1. The van der Waals surface area contributed by atoms with Crippen LogP contribution in [0.3, 0.4) is 0 Å². The van der Waals surface area contributed by atoms with Crippen molar-refractivity contribution in [2.24, 2.45) is 7.05 Å². The third kappa shape index (κ3) is 2.88. The van der Waals surface area contributed by atoms with Gasteiger partial charge in [0.1, 0.15) is 6.33 Å². The number of nitrogens with zero attached hydrogens (tertiary/aromatic N) is 3. The first kappa shape index (κ1) is 12.6. The largest absolute Gasteiger partial charge is 0.292 e. The van der Waals surface area contributed by atoms with Crippen LogP contribution in [-0.2, 0) is 7.05 Å². The van der Waals surface area contributed by atoms with Gasteiger partial charge in [-0.05, 0) is 19.1 Å². The van der Waals surface area contributed by atoms with E-state index in [4.69, 9.17) is 11.6 Å². The lowest BCUT2D eigenvalue weighted by Crippen LogP contribution is -2.13. The van der Waals surface area contributed by atoms with Crippen LogP contribution in [0, 0.1) is 0 Å². The molecule has 1 atom stereocenters. The summed E-state index contributed by atoms with van der Waals surface area (Å²) in [5.74, 6) is 0.0647. The van der Waals surface area contributed by atoms with Gasteiger partial charge in [-0.2, -0.15) is 5.10 Å². The molecule has 0 saturated heterocycles. The van der Waals surface area contributed by atoms with Crippen molar-refractivity contribution in [3.8, 4) is 0 Å². The zero-order valence-electron chi connectivity index (χ0n) is 9.25. The molecule has 0 radical (unpaired) electrons. The number of thiophene rings is 1. The number of ketones is 1. The Balaban J connectivity index is 2.08. The third-order valence-corrected chi connectivity index (χ3v) is 4.53. The zero-order chi connectivity index (χ0) is 12.4. The summed E-state index contributed by atoms with van der Waals surface area (Å²) >= 11 is 8.50. The van der Waals surface area contributed by atoms with Crippen molar-refractivity contribution in [3.63, 3.8) is 0 Å². The van der Waals surface area contributed by atoms with Gasteiger partial charge in [-0.1, -0.05) is 23.4 Å². The molecule has 0 N–H and O–H groups in total. The highest BCUT2D eigenvalue weighted by Gasteiger charge is 2.20. The number of halogens is 1. The molecule has 0 aliphatic rings. The Hall–Kier alpha value is -0.850. The highest BCUT2D eigenvalue weighted by atomic mass is 35.5. The molecule has 4 nitrogen and oxygen atoms in total. The molecule has 1 unspecified atom stereocenters. The Bertz CT molecular complexity index is 537. The van der Waals surface area contributed by atoms with Gasteiger partial charge in [-0.3, -0.25) is 4.79 Å². The summed E-state index contributed by atoms with van der Waals surface area (Å²) in [5.41, 5.74) is 0. The maximum absolute atomic E-state index is 12.1. The van der Waals surface area contributed by atoms with Gasteiger partial charge in [-0.25, -0.2) is 9.67 Å². The fourth-order valence-electron chi connectivity index (χ4n) is 1.25. The maximum Gasteiger partial charge on any atom is 0.186 e. The van der Waals surface area contributed by atoms with Crippen molar-refractivity contribution in [2.75, 3.05) is 0 Å². The average molecular weight is 288 g/mol. The molecule has 2 rings (SSSR count). The minimum atomic E-state index is -0.201. The second-order valence-corrected chi connectivity index (χ2v) is 6.42. The summed E-state index contributed by atoms with van der Waals surface area (Å²) in [5, 5.41) is 4.49. The van der Waals surface area contributed by atoms with E-state index in [9.17, 15) is 4.79 Å². The van der Waals surface area contributed by atoms with Gasteiger partial charge in [0.05, 0.1) is 14.5 Å². The smallest absolute Gasteiger partial charge is 0.186 e. The van der Waals surface area contributed by atoms with Crippen LogP contribution in [0.1, 0.15) is 16.6 Å². The van der Waals surface area contributed by atoms with Crippen molar-refractivity contribution in [2.45, 2.75) is 17.3 Å². The van der Waals surface area contributed by atoms with E-state index in [1.165, 1.54) is 29.4 Å².